The fourth-order valence-corrected chi connectivity index (χ4v) is 4.38. The predicted octanol–water partition coefficient (Wildman–Crippen LogP) is 4.22. The van der Waals surface area contributed by atoms with E-state index >= 15 is 0 Å². The third kappa shape index (κ3) is 7.45. The predicted molar refractivity (Wildman–Crippen MR) is 142 cm³/mol. The molecule has 1 heterocycles. The van der Waals surface area contributed by atoms with Crippen molar-refractivity contribution in [3.8, 4) is 5.75 Å². The molecule has 0 aromatic heterocycles. The Bertz CT molecular complexity index is 1000. The molecule has 3 amide bonds. The Hall–Kier alpha value is -3.10. The number of benzene rings is 2. The van der Waals surface area contributed by atoms with Crippen LogP contribution in [0.3, 0.4) is 0 Å². The van der Waals surface area contributed by atoms with E-state index in [2.05, 4.69) is 53.6 Å². The van der Waals surface area contributed by atoms with Crippen LogP contribution in [0, 0.1) is 5.92 Å². The van der Waals surface area contributed by atoms with Gasteiger partial charge >= 0.3 is 6.03 Å². The summed E-state index contributed by atoms with van der Waals surface area (Å²) in [4.78, 5) is 29.6. The van der Waals surface area contributed by atoms with Gasteiger partial charge in [0.1, 0.15) is 12.4 Å². The molecule has 0 aliphatic carbocycles. The van der Waals surface area contributed by atoms with E-state index in [1.165, 1.54) is 5.56 Å². The van der Waals surface area contributed by atoms with Crippen LogP contribution in [0.5, 0.6) is 5.75 Å². The normalized spacial score (nSPS) is 21.5. The highest BCUT2D eigenvalue weighted by molar-refractivity contribution is 5.98. The smallest absolute Gasteiger partial charge is 0.319 e. The van der Waals surface area contributed by atoms with E-state index in [0.29, 0.717) is 36.7 Å². The Labute approximate surface area is 214 Å². The third-order valence-electron chi connectivity index (χ3n) is 6.60. The van der Waals surface area contributed by atoms with Gasteiger partial charge in [0.15, 0.2) is 0 Å². The number of nitrogens with zero attached hydrogens (tertiary/aromatic N) is 2. The van der Waals surface area contributed by atoms with Crippen LogP contribution >= 0.6 is 0 Å². The zero-order valence-electron chi connectivity index (χ0n) is 22.1. The van der Waals surface area contributed by atoms with Crippen molar-refractivity contribution in [2.45, 2.75) is 45.9 Å². The molecule has 0 saturated heterocycles. The lowest BCUT2D eigenvalue weighted by Gasteiger charge is -2.36. The van der Waals surface area contributed by atoms with Crippen LogP contribution in [0.2, 0.25) is 0 Å². The highest BCUT2D eigenvalue weighted by Crippen LogP contribution is 2.27. The molecule has 36 heavy (non-hydrogen) atoms. The zero-order valence-corrected chi connectivity index (χ0v) is 22.1. The van der Waals surface area contributed by atoms with E-state index in [0.717, 1.165) is 19.5 Å². The van der Waals surface area contributed by atoms with Crippen molar-refractivity contribution in [3.63, 3.8) is 0 Å². The number of carbonyl (C=O) groups excluding carboxylic acids is 2. The van der Waals surface area contributed by atoms with Crippen molar-refractivity contribution in [1.29, 1.82) is 0 Å². The second kappa shape index (κ2) is 13.3. The van der Waals surface area contributed by atoms with Crippen molar-refractivity contribution >= 4 is 17.6 Å². The van der Waals surface area contributed by atoms with Gasteiger partial charge in [-0.05, 0) is 37.0 Å². The van der Waals surface area contributed by atoms with Crippen molar-refractivity contribution in [2.24, 2.45) is 5.92 Å². The lowest BCUT2D eigenvalue weighted by molar-refractivity contribution is 0.00922. The van der Waals surface area contributed by atoms with Gasteiger partial charge in [0, 0.05) is 58.1 Å². The van der Waals surface area contributed by atoms with Gasteiger partial charge in [-0.2, -0.15) is 0 Å². The maximum Gasteiger partial charge on any atom is 0.319 e. The average Bonchev–Trinajstić information content (AvgIpc) is 2.88. The van der Waals surface area contributed by atoms with Crippen molar-refractivity contribution in [3.05, 3.63) is 59.7 Å². The Kier molecular flexibility index (Phi) is 10.1. The molecule has 0 fully saturated rings. The highest BCUT2D eigenvalue weighted by Gasteiger charge is 2.28. The molecule has 8 heteroatoms. The summed E-state index contributed by atoms with van der Waals surface area (Å²) in [6.45, 7) is 9.32. The van der Waals surface area contributed by atoms with Gasteiger partial charge in [0.2, 0.25) is 0 Å². The van der Waals surface area contributed by atoms with Gasteiger partial charge < -0.3 is 25.0 Å². The number of urea groups is 1. The first-order chi connectivity index (χ1) is 17.3. The molecule has 3 atom stereocenters. The van der Waals surface area contributed by atoms with Crippen LogP contribution in [-0.4, -0.2) is 74.3 Å². The summed E-state index contributed by atoms with van der Waals surface area (Å²) in [7, 11) is 3.49. The monoisotopic (exact) mass is 496 g/mol. The first-order valence-corrected chi connectivity index (χ1v) is 12.7. The van der Waals surface area contributed by atoms with Gasteiger partial charge in [-0.25, -0.2) is 4.79 Å². The van der Waals surface area contributed by atoms with Crippen LogP contribution < -0.4 is 15.4 Å². The van der Waals surface area contributed by atoms with E-state index in [1.54, 1.807) is 37.3 Å². The number of amides is 3. The molecule has 2 N–H and O–H groups in total. The maximum atomic E-state index is 13.4. The molecule has 1 aliphatic rings. The van der Waals surface area contributed by atoms with E-state index in [-0.39, 0.29) is 30.0 Å². The van der Waals surface area contributed by atoms with Crippen LogP contribution in [0.25, 0.3) is 0 Å². The fourth-order valence-electron chi connectivity index (χ4n) is 4.38. The van der Waals surface area contributed by atoms with E-state index < -0.39 is 0 Å². The lowest BCUT2D eigenvalue weighted by Crippen LogP contribution is -2.46. The number of hydrogen-bond donors (Lipinski definition) is 2. The van der Waals surface area contributed by atoms with Gasteiger partial charge in [-0.15, -0.1) is 0 Å². The Balaban J connectivity index is 1.90. The maximum absolute atomic E-state index is 13.4. The minimum Gasteiger partial charge on any atom is -0.491 e. The number of ether oxygens (including phenoxy) is 2. The van der Waals surface area contributed by atoms with E-state index in [9.17, 15) is 9.59 Å². The van der Waals surface area contributed by atoms with Crippen molar-refractivity contribution < 1.29 is 19.1 Å². The Morgan fingerprint density at radius 2 is 1.89 bits per heavy atom. The lowest BCUT2D eigenvalue weighted by atomic mass is 10.0. The Morgan fingerprint density at radius 3 is 2.58 bits per heavy atom. The van der Waals surface area contributed by atoms with Crippen LogP contribution in [0.4, 0.5) is 10.5 Å². The standard InChI is InChI=1S/C28H40N4O4/c1-6-14-29-28(34)30-23-12-13-24-25(15-23)36-19-21(3)32(17-22-10-8-7-9-11-22)16-20(2)26(35-5)18-31(4)27(24)33/h7-13,15,20-21,26H,6,14,16-19H2,1-5H3,(H2,29,30,34)/t20-,21+,26+/m0/s1. The average molecular weight is 497 g/mol. The second-order valence-corrected chi connectivity index (χ2v) is 9.60. The first-order valence-electron chi connectivity index (χ1n) is 12.7. The van der Waals surface area contributed by atoms with Gasteiger partial charge in [0.25, 0.3) is 5.91 Å². The Morgan fingerprint density at radius 1 is 1.14 bits per heavy atom. The number of likely N-dealkylation sites (N-methyl/N-ethyl adjacent to an activating group) is 1. The van der Waals surface area contributed by atoms with E-state index in [1.807, 2.05) is 13.0 Å². The number of hydrogen-bond acceptors (Lipinski definition) is 5. The number of anilines is 1. The van der Waals surface area contributed by atoms with Crippen LogP contribution in [-0.2, 0) is 11.3 Å². The molecule has 8 nitrogen and oxygen atoms in total. The molecule has 0 saturated carbocycles. The zero-order chi connectivity index (χ0) is 26.1. The minimum atomic E-state index is -0.285. The number of rotatable bonds is 6. The summed E-state index contributed by atoms with van der Waals surface area (Å²) >= 11 is 0. The first kappa shape index (κ1) is 27.5. The van der Waals surface area contributed by atoms with Gasteiger partial charge in [-0.1, -0.05) is 44.2 Å². The minimum absolute atomic E-state index is 0.0785. The number of carbonyl (C=O) groups is 2. The molecule has 0 unspecified atom stereocenters. The summed E-state index contributed by atoms with van der Waals surface area (Å²) in [6, 6.07) is 15.4. The summed E-state index contributed by atoms with van der Waals surface area (Å²) in [6.07, 6.45) is 0.733. The summed E-state index contributed by atoms with van der Waals surface area (Å²) < 4.78 is 12.1. The molecule has 0 spiro atoms. The molecule has 1 aliphatic heterocycles. The summed E-state index contributed by atoms with van der Waals surface area (Å²) in [5.41, 5.74) is 2.26. The molecule has 0 bridgehead atoms. The van der Waals surface area contributed by atoms with Crippen LogP contribution in [0.15, 0.2) is 48.5 Å². The SMILES string of the molecule is CCCNC(=O)Nc1ccc2c(c1)OC[C@@H](C)N(Cc1ccccc1)C[C@H](C)[C@H](OC)CN(C)C2=O. The molecule has 3 rings (SSSR count). The number of nitrogens with one attached hydrogen (secondary N) is 2. The largest absolute Gasteiger partial charge is 0.491 e. The molecule has 196 valence electrons. The number of fused-ring (bicyclic) bond motifs is 1. The molecular weight excluding hydrogens is 456 g/mol. The van der Waals surface area contributed by atoms with Gasteiger partial charge in [0.05, 0.1) is 11.7 Å². The highest BCUT2D eigenvalue weighted by atomic mass is 16.5. The van der Waals surface area contributed by atoms with Crippen molar-refractivity contribution in [2.75, 3.05) is 45.7 Å². The topological polar surface area (TPSA) is 83.1 Å². The molecule has 2 aromatic rings. The van der Waals surface area contributed by atoms with Crippen molar-refractivity contribution in [1.82, 2.24) is 15.1 Å². The van der Waals surface area contributed by atoms with Gasteiger partial charge in [-0.3, -0.25) is 9.69 Å². The van der Waals surface area contributed by atoms with E-state index in [4.69, 9.17) is 9.47 Å². The summed E-state index contributed by atoms with van der Waals surface area (Å²) in [5.74, 6) is 0.508. The number of methoxy groups -OCH3 is 1. The quantitative estimate of drug-likeness (QED) is 0.626. The van der Waals surface area contributed by atoms with Crippen LogP contribution in [0.1, 0.15) is 43.1 Å². The molecule has 0 radical (unpaired) electrons. The third-order valence-corrected chi connectivity index (χ3v) is 6.60. The molecular formula is C28H40N4O4. The fraction of sp³-hybridized carbons (Fsp3) is 0.500. The second-order valence-electron chi connectivity index (χ2n) is 9.60. The molecule has 2 aromatic carbocycles. The summed E-state index contributed by atoms with van der Waals surface area (Å²) in [5, 5.41) is 5.63.